The summed E-state index contributed by atoms with van der Waals surface area (Å²) in [7, 11) is 0. The zero-order valence-electron chi connectivity index (χ0n) is 8.89. The smallest absolute Gasteiger partial charge is 0.331 e. The van der Waals surface area contributed by atoms with Crippen molar-refractivity contribution in [3.8, 4) is 0 Å². The van der Waals surface area contributed by atoms with Crippen molar-refractivity contribution in [3.63, 3.8) is 0 Å². The number of rotatable bonds is 3. The second-order valence-corrected chi connectivity index (χ2v) is 3.14. The fourth-order valence-corrected chi connectivity index (χ4v) is 0.919. The summed E-state index contributed by atoms with van der Waals surface area (Å²) in [6.45, 7) is 2.82. The Morgan fingerprint density at radius 1 is 1.19 bits per heavy atom. The number of carboxylic acids is 1. The molecule has 0 bridgehead atoms. The van der Waals surface area contributed by atoms with Crippen molar-refractivity contribution in [2.45, 2.75) is 13.8 Å². The predicted octanol–water partition coefficient (Wildman–Crippen LogP) is 0.836. The Bertz CT molecular complexity index is 440. The van der Waals surface area contributed by atoms with Crippen LogP contribution in [-0.2, 0) is 9.59 Å². The van der Waals surface area contributed by atoms with Crippen molar-refractivity contribution < 1.29 is 14.7 Å². The summed E-state index contributed by atoms with van der Waals surface area (Å²) in [6.07, 6.45) is 4.18. The third kappa shape index (κ3) is 2.88. The minimum Gasteiger partial charge on any atom is -0.478 e. The lowest BCUT2D eigenvalue weighted by molar-refractivity contribution is -0.133. The van der Waals surface area contributed by atoms with Crippen LogP contribution in [0.1, 0.15) is 13.8 Å². The highest BCUT2D eigenvalue weighted by Crippen LogP contribution is 2.08. The maximum absolute atomic E-state index is 11.6. The average Bonchev–Trinajstić information content (AvgIpc) is 2.28. The van der Waals surface area contributed by atoms with E-state index in [9.17, 15) is 9.59 Å². The van der Waals surface area contributed by atoms with Gasteiger partial charge in [-0.05, 0) is 13.8 Å². The topological polar surface area (TPSA) is 92.2 Å². The number of hydrogen-bond donors (Lipinski definition) is 2. The summed E-state index contributed by atoms with van der Waals surface area (Å²) in [5, 5.41) is 11.2. The van der Waals surface area contributed by atoms with Crippen LogP contribution in [0.5, 0.6) is 0 Å². The number of aromatic nitrogens is 2. The van der Waals surface area contributed by atoms with Crippen LogP contribution in [0.2, 0.25) is 0 Å². The van der Waals surface area contributed by atoms with Gasteiger partial charge >= 0.3 is 5.97 Å². The minimum absolute atomic E-state index is 0.00866. The maximum atomic E-state index is 11.6. The Labute approximate surface area is 92.0 Å². The van der Waals surface area contributed by atoms with Gasteiger partial charge in [-0.15, -0.1) is 0 Å². The zero-order chi connectivity index (χ0) is 12.1. The number of nitrogens with zero attached hydrogens (tertiary/aromatic N) is 2. The number of aliphatic carboxylic acids is 1. The number of nitrogens with one attached hydrogen (secondary N) is 1. The first-order valence-corrected chi connectivity index (χ1v) is 4.49. The molecule has 0 saturated heterocycles. The highest BCUT2D eigenvalue weighted by atomic mass is 16.4. The molecule has 0 spiro atoms. The van der Waals surface area contributed by atoms with Crippen LogP contribution < -0.4 is 5.32 Å². The standard InChI is InChI=1S/C10H11N3O3/c1-6(7(2)10(15)16)9(14)13-8-3-11-5-12-4-8/h3-5H,1-2H3,(H,13,14)(H,15,16). The van der Waals surface area contributed by atoms with E-state index in [1.807, 2.05) is 0 Å². The normalized spacial score (nSPS) is 11.6. The largest absolute Gasteiger partial charge is 0.478 e. The number of carboxylic acid groups (broad SMARTS) is 1. The van der Waals surface area contributed by atoms with Crippen molar-refractivity contribution >= 4 is 17.6 Å². The summed E-state index contributed by atoms with van der Waals surface area (Å²) in [4.78, 5) is 29.6. The number of anilines is 1. The molecular formula is C10H11N3O3. The van der Waals surface area contributed by atoms with Crippen molar-refractivity contribution in [2.24, 2.45) is 0 Å². The van der Waals surface area contributed by atoms with E-state index in [1.54, 1.807) is 0 Å². The van der Waals surface area contributed by atoms with Crippen molar-refractivity contribution in [3.05, 3.63) is 29.9 Å². The van der Waals surface area contributed by atoms with Gasteiger partial charge < -0.3 is 10.4 Å². The van der Waals surface area contributed by atoms with Crippen LogP contribution in [0, 0.1) is 0 Å². The van der Waals surface area contributed by atoms with Crippen LogP contribution in [0.4, 0.5) is 5.69 Å². The Morgan fingerprint density at radius 2 is 1.75 bits per heavy atom. The van der Waals surface area contributed by atoms with Gasteiger partial charge in [0.25, 0.3) is 5.91 Å². The molecule has 0 atom stereocenters. The van der Waals surface area contributed by atoms with E-state index in [1.165, 1.54) is 32.6 Å². The summed E-state index contributed by atoms with van der Waals surface area (Å²) in [6, 6.07) is 0. The molecule has 0 aliphatic carbocycles. The molecule has 0 saturated carbocycles. The molecule has 6 heteroatoms. The van der Waals surface area contributed by atoms with E-state index >= 15 is 0 Å². The van der Waals surface area contributed by atoms with Gasteiger partial charge in [-0.2, -0.15) is 0 Å². The highest BCUT2D eigenvalue weighted by Gasteiger charge is 2.12. The monoisotopic (exact) mass is 221 g/mol. The number of amides is 1. The molecule has 1 amide bonds. The summed E-state index contributed by atoms with van der Waals surface area (Å²) < 4.78 is 0. The van der Waals surface area contributed by atoms with Gasteiger partial charge in [-0.3, -0.25) is 4.79 Å². The molecule has 0 unspecified atom stereocenters. The second kappa shape index (κ2) is 5.01. The number of carbonyl (C=O) groups excluding carboxylic acids is 1. The Morgan fingerprint density at radius 3 is 2.25 bits per heavy atom. The number of hydrogen-bond acceptors (Lipinski definition) is 4. The number of carbonyl (C=O) groups is 2. The lowest BCUT2D eigenvalue weighted by atomic mass is 10.1. The Kier molecular flexibility index (Phi) is 3.71. The van der Waals surface area contributed by atoms with E-state index < -0.39 is 11.9 Å². The van der Waals surface area contributed by atoms with Crippen LogP contribution in [0.15, 0.2) is 29.9 Å². The third-order valence-corrected chi connectivity index (χ3v) is 2.04. The minimum atomic E-state index is -1.11. The molecule has 16 heavy (non-hydrogen) atoms. The van der Waals surface area contributed by atoms with E-state index in [-0.39, 0.29) is 11.1 Å². The first kappa shape index (κ1) is 11.8. The van der Waals surface area contributed by atoms with Crippen LogP contribution in [-0.4, -0.2) is 27.0 Å². The molecule has 1 aromatic rings. The predicted molar refractivity (Wildman–Crippen MR) is 56.7 cm³/mol. The van der Waals surface area contributed by atoms with Crippen LogP contribution in [0.25, 0.3) is 0 Å². The van der Waals surface area contributed by atoms with Crippen molar-refractivity contribution in [2.75, 3.05) is 5.32 Å². The third-order valence-electron chi connectivity index (χ3n) is 2.04. The zero-order valence-corrected chi connectivity index (χ0v) is 8.89. The van der Waals surface area contributed by atoms with Gasteiger partial charge in [0.15, 0.2) is 0 Å². The molecule has 0 aromatic carbocycles. The lowest BCUT2D eigenvalue weighted by Gasteiger charge is -2.05. The molecule has 1 aromatic heterocycles. The van der Waals surface area contributed by atoms with Crippen LogP contribution >= 0.6 is 0 Å². The van der Waals surface area contributed by atoms with E-state index in [0.29, 0.717) is 5.69 Å². The SMILES string of the molecule is CC(C(=O)O)=C(C)C(=O)Nc1cncnc1. The fraction of sp³-hybridized carbons (Fsp3) is 0.200. The molecule has 0 radical (unpaired) electrons. The van der Waals surface area contributed by atoms with E-state index in [2.05, 4.69) is 15.3 Å². The first-order chi connectivity index (χ1) is 7.52. The molecule has 0 aliphatic heterocycles. The molecule has 6 nitrogen and oxygen atoms in total. The van der Waals surface area contributed by atoms with Gasteiger partial charge in [0.2, 0.25) is 0 Å². The van der Waals surface area contributed by atoms with Crippen molar-refractivity contribution in [1.29, 1.82) is 0 Å². The maximum Gasteiger partial charge on any atom is 0.331 e. The van der Waals surface area contributed by atoms with Crippen LogP contribution in [0.3, 0.4) is 0 Å². The molecule has 0 aliphatic rings. The van der Waals surface area contributed by atoms with Gasteiger partial charge in [0.05, 0.1) is 18.1 Å². The Balaban J connectivity index is 2.82. The van der Waals surface area contributed by atoms with E-state index in [4.69, 9.17) is 5.11 Å². The summed E-state index contributed by atoms with van der Waals surface area (Å²) in [5.74, 6) is -1.59. The average molecular weight is 221 g/mol. The quantitative estimate of drug-likeness (QED) is 0.738. The molecule has 1 rings (SSSR count). The first-order valence-electron chi connectivity index (χ1n) is 4.49. The van der Waals surface area contributed by atoms with Gasteiger partial charge in [0, 0.05) is 11.1 Å². The lowest BCUT2D eigenvalue weighted by Crippen LogP contribution is -2.16. The Hall–Kier alpha value is -2.24. The second-order valence-electron chi connectivity index (χ2n) is 3.14. The van der Waals surface area contributed by atoms with Gasteiger partial charge in [0.1, 0.15) is 6.33 Å². The van der Waals surface area contributed by atoms with Gasteiger partial charge in [-0.1, -0.05) is 0 Å². The van der Waals surface area contributed by atoms with Crippen molar-refractivity contribution in [1.82, 2.24) is 9.97 Å². The van der Waals surface area contributed by atoms with Gasteiger partial charge in [-0.25, -0.2) is 14.8 Å². The summed E-state index contributed by atoms with van der Waals surface area (Å²) >= 11 is 0. The molecule has 1 heterocycles. The molecule has 0 fully saturated rings. The fourth-order valence-electron chi connectivity index (χ4n) is 0.919. The highest BCUT2D eigenvalue weighted by molar-refractivity contribution is 6.07. The molecule has 2 N–H and O–H groups in total. The molecular weight excluding hydrogens is 210 g/mol. The summed E-state index contributed by atoms with van der Waals surface area (Å²) in [5.41, 5.74) is 0.579. The van der Waals surface area contributed by atoms with E-state index in [0.717, 1.165) is 0 Å². The molecule has 84 valence electrons.